The van der Waals surface area contributed by atoms with E-state index in [0.717, 1.165) is 42.3 Å². The fourth-order valence-electron chi connectivity index (χ4n) is 3.71. The van der Waals surface area contributed by atoms with Gasteiger partial charge in [0.25, 0.3) is 0 Å². The number of nitrogens with zero attached hydrogens (tertiary/aromatic N) is 2. The minimum atomic E-state index is 0. The van der Waals surface area contributed by atoms with Crippen LogP contribution in [0.1, 0.15) is 36.6 Å². The second-order valence-electron chi connectivity index (χ2n) is 7.22. The summed E-state index contributed by atoms with van der Waals surface area (Å²) in [6.07, 6.45) is 6.27. The van der Waals surface area contributed by atoms with Crippen LogP contribution in [0.15, 0.2) is 46.0 Å². The fourth-order valence-corrected chi connectivity index (χ4v) is 3.71. The first-order valence-corrected chi connectivity index (χ1v) is 10.2. The van der Waals surface area contributed by atoms with Gasteiger partial charge in [-0.05, 0) is 62.2 Å². The van der Waals surface area contributed by atoms with Gasteiger partial charge in [-0.25, -0.2) is 0 Å². The molecule has 8 heteroatoms. The molecule has 0 aliphatic carbocycles. The number of hydrogen-bond acceptors (Lipinski definition) is 5. The third-order valence-electron chi connectivity index (χ3n) is 5.31. The molecule has 1 saturated heterocycles. The highest BCUT2D eigenvalue weighted by atomic mass is 127. The third kappa shape index (κ3) is 6.80. The van der Waals surface area contributed by atoms with Crippen molar-refractivity contribution in [1.29, 1.82) is 0 Å². The summed E-state index contributed by atoms with van der Waals surface area (Å²) in [5, 5.41) is 3.21. The number of guanidine groups is 1. The summed E-state index contributed by atoms with van der Waals surface area (Å²) in [4.78, 5) is 7.03. The predicted octanol–water partition coefficient (Wildman–Crippen LogP) is 3.59. The van der Waals surface area contributed by atoms with E-state index < -0.39 is 0 Å². The smallest absolute Gasteiger partial charge is 0.188 e. The van der Waals surface area contributed by atoms with Gasteiger partial charge in [0.1, 0.15) is 5.76 Å². The zero-order valence-corrected chi connectivity index (χ0v) is 20.1. The van der Waals surface area contributed by atoms with Crippen molar-refractivity contribution in [1.82, 2.24) is 10.2 Å². The first-order valence-electron chi connectivity index (χ1n) is 10.2. The van der Waals surface area contributed by atoms with E-state index in [-0.39, 0.29) is 30.0 Å². The number of methoxy groups -OCH3 is 2. The van der Waals surface area contributed by atoms with Gasteiger partial charge >= 0.3 is 0 Å². The average molecular weight is 528 g/mol. The molecule has 1 fully saturated rings. The lowest BCUT2D eigenvalue weighted by Gasteiger charge is -2.32. The van der Waals surface area contributed by atoms with E-state index in [1.165, 1.54) is 19.3 Å². The van der Waals surface area contributed by atoms with E-state index in [4.69, 9.17) is 19.6 Å². The highest BCUT2D eigenvalue weighted by molar-refractivity contribution is 14.0. The Balaban J connectivity index is 0.00000320. The van der Waals surface area contributed by atoms with Gasteiger partial charge in [-0.3, -0.25) is 9.89 Å². The second-order valence-corrected chi connectivity index (χ2v) is 7.22. The minimum absolute atomic E-state index is 0. The highest BCUT2D eigenvalue weighted by Gasteiger charge is 2.24. The Labute approximate surface area is 196 Å². The number of piperidine rings is 1. The number of rotatable bonds is 9. The summed E-state index contributed by atoms with van der Waals surface area (Å²) in [5.74, 6) is 2.87. The number of aliphatic imine (C=N–C) groups is 1. The molecule has 1 unspecified atom stereocenters. The van der Waals surface area contributed by atoms with Crippen molar-refractivity contribution in [2.75, 3.05) is 40.4 Å². The number of nitrogens with two attached hydrogens (primary N) is 1. The lowest BCUT2D eigenvalue weighted by molar-refractivity contribution is 0.150. The number of ether oxygens (including phenoxy) is 2. The van der Waals surface area contributed by atoms with Gasteiger partial charge in [0.15, 0.2) is 17.5 Å². The van der Waals surface area contributed by atoms with Crippen molar-refractivity contribution in [3.8, 4) is 11.5 Å². The highest BCUT2D eigenvalue weighted by Crippen LogP contribution is 2.28. The Morgan fingerprint density at radius 2 is 1.93 bits per heavy atom. The third-order valence-corrected chi connectivity index (χ3v) is 5.31. The first-order chi connectivity index (χ1) is 14.2. The molecule has 30 heavy (non-hydrogen) atoms. The molecular formula is C22H33IN4O3. The monoisotopic (exact) mass is 528 g/mol. The molecule has 1 atom stereocenters. The number of benzene rings is 1. The van der Waals surface area contributed by atoms with Crippen LogP contribution in [0.4, 0.5) is 0 Å². The maximum Gasteiger partial charge on any atom is 0.188 e. The van der Waals surface area contributed by atoms with Crippen LogP contribution in [0.5, 0.6) is 11.5 Å². The van der Waals surface area contributed by atoms with Crippen molar-refractivity contribution in [2.45, 2.75) is 31.7 Å². The largest absolute Gasteiger partial charge is 0.493 e. The zero-order valence-electron chi connectivity index (χ0n) is 17.8. The normalized spacial score (nSPS) is 15.9. The van der Waals surface area contributed by atoms with Crippen LogP contribution < -0.4 is 20.5 Å². The van der Waals surface area contributed by atoms with Gasteiger partial charge < -0.3 is 24.9 Å². The van der Waals surface area contributed by atoms with Gasteiger partial charge in [0.05, 0.1) is 33.1 Å². The Bertz CT molecular complexity index is 777. The van der Waals surface area contributed by atoms with Crippen molar-refractivity contribution >= 4 is 29.9 Å². The maximum atomic E-state index is 6.12. The predicted molar refractivity (Wildman–Crippen MR) is 130 cm³/mol. The van der Waals surface area contributed by atoms with Crippen LogP contribution in [0, 0.1) is 0 Å². The molecule has 1 aromatic heterocycles. The molecule has 1 aromatic carbocycles. The Kier molecular flexibility index (Phi) is 10.3. The topological polar surface area (TPSA) is 85.2 Å². The van der Waals surface area contributed by atoms with E-state index in [0.29, 0.717) is 19.0 Å². The van der Waals surface area contributed by atoms with E-state index in [2.05, 4.69) is 15.2 Å². The summed E-state index contributed by atoms with van der Waals surface area (Å²) >= 11 is 0. The van der Waals surface area contributed by atoms with Gasteiger partial charge in [-0.1, -0.05) is 12.5 Å². The van der Waals surface area contributed by atoms with Crippen LogP contribution >= 0.6 is 24.0 Å². The molecule has 2 aromatic rings. The number of hydrogen-bond donors (Lipinski definition) is 2. The van der Waals surface area contributed by atoms with Crippen LogP contribution in [0.3, 0.4) is 0 Å². The molecule has 3 rings (SSSR count). The van der Waals surface area contributed by atoms with Gasteiger partial charge in [0.2, 0.25) is 0 Å². The number of furan rings is 1. The van der Waals surface area contributed by atoms with Gasteiger partial charge in [0, 0.05) is 6.54 Å². The molecule has 0 amide bonds. The van der Waals surface area contributed by atoms with Crippen molar-refractivity contribution in [3.05, 3.63) is 47.9 Å². The summed E-state index contributed by atoms with van der Waals surface area (Å²) < 4.78 is 16.3. The number of nitrogens with one attached hydrogen (secondary N) is 1. The standard InChI is InChI=1S/C22H32N4O3.HI/c1-27-20-9-8-17(15-21(20)28-2)10-11-24-22(23)25-16-18(19-7-6-14-29-19)26-12-4-3-5-13-26;/h6-9,14-15,18H,3-5,10-13,16H2,1-2H3,(H3,23,24,25);1H. The summed E-state index contributed by atoms with van der Waals surface area (Å²) in [5.41, 5.74) is 7.26. The van der Waals surface area contributed by atoms with Crippen molar-refractivity contribution in [2.24, 2.45) is 10.7 Å². The molecule has 0 radical (unpaired) electrons. The van der Waals surface area contributed by atoms with Crippen molar-refractivity contribution in [3.63, 3.8) is 0 Å². The lowest BCUT2D eigenvalue weighted by atomic mass is 10.1. The Hall–Kier alpha value is -1.94. The lowest BCUT2D eigenvalue weighted by Crippen LogP contribution is -2.37. The van der Waals surface area contributed by atoms with Gasteiger partial charge in [-0.15, -0.1) is 24.0 Å². The Morgan fingerprint density at radius 1 is 1.17 bits per heavy atom. The maximum absolute atomic E-state index is 6.12. The number of likely N-dealkylation sites (tertiary alicyclic amines) is 1. The summed E-state index contributed by atoms with van der Waals surface area (Å²) in [6, 6.07) is 10.0. The second kappa shape index (κ2) is 12.7. The molecule has 0 saturated carbocycles. The molecule has 7 nitrogen and oxygen atoms in total. The first kappa shape index (κ1) is 24.3. The van der Waals surface area contributed by atoms with Crippen LogP contribution in [0.2, 0.25) is 0 Å². The molecule has 0 bridgehead atoms. The fraction of sp³-hybridized carbons (Fsp3) is 0.500. The molecular weight excluding hydrogens is 495 g/mol. The van der Waals surface area contributed by atoms with E-state index in [1.807, 2.05) is 30.3 Å². The number of halogens is 1. The molecule has 2 heterocycles. The summed E-state index contributed by atoms with van der Waals surface area (Å²) in [6.45, 7) is 3.43. The van der Waals surface area contributed by atoms with Crippen LogP contribution in [-0.2, 0) is 6.42 Å². The molecule has 0 spiro atoms. The minimum Gasteiger partial charge on any atom is -0.493 e. The quantitative estimate of drug-likeness (QED) is 0.294. The molecule has 3 N–H and O–H groups in total. The van der Waals surface area contributed by atoms with E-state index >= 15 is 0 Å². The SMILES string of the molecule is COc1ccc(CCNC(N)=NCC(c2ccco2)N2CCCCC2)cc1OC.I. The summed E-state index contributed by atoms with van der Waals surface area (Å²) in [7, 11) is 3.28. The van der Waals surface area contributed by atoms with E-state index in [1.54, 1.807) is 20.5 Å². The van der Waals surface area contributed by atoms with Gasteiger partial charge in [-0.2, -0.15) is 0 Å². The molecule has 166 valence electrons. The average Bonchev–Trinajstić information content (AvgIpc) is 3.29. The van der Waals surface area contributed by atoms with Crippen molar-refractivity contribution < 1.29 is 13.9 Å². The van der Waals surface area contributed by atoms with Crippen LogP contribution in [-0.4, -0.2) is 51.3 Å². The van der Waals surface area contributed by atoms with Crippen LogP contribution in [0.25, 0.3) is 0 Å². The molecule has 1 aliphatic heterocycles. The Morgan fingerprint density at radius 3 is 2.60 bits per heavy atom. The zero-order chi connectivity index (χ0) is 20.5. The van der Waals surface area contributed by atoms with E-state index in [9.17, 15) is 0 Å². The molecule has 1 aliphatic rings.